The van der Waals surface area contributed by atoms with E-state index in [-0.39, 0.29) is 0 Å². The maximum atomic E-state index is 9.10. The molecule has 0 saturated carbocycles. The fourth-order valence-electron chi connectivity index (χ4n) is 1.47. The molecule has 0 amide bonds. The van der Waals surface area contributed by atoms with Crippen molar-refractivity contribution in [3.05, 3.63) is 29.8 Å². The van der Waals surface area contributed by atoms with E-state index in [1.807, 2.05) is 12.1 Å². The van der Waals surface area contributed by atoms with Crippen LogP contribution in [0, 0.1) is 0 Å². The highest BCUT2D eigenvalue weighted by Gasteiger charge is 1.93. The Morgan fingerprint density at radius 1 is 1.07 bits per heavy atom. The van der Waals surface area contributed by atoms with Crippen LogP contribution < -0.4 is 11.1 Å². The van der Waals surface area contributed by atoms with Gasteiger partial charge in [-0.05, 0) is 43.5 Å². The number of benzene rings is 1. The van der Waals surface area contributed by atoms with Gasteiger partial charge < -0.3 is 16.2 Å². The predicted molar refractivity (Wildman–Crippen MR) is 63.0 cm³/mol. The van der Waals surface area contributed by atoms with Crippen molar-refractivity contribution in [1.82, 2.24) is 5.32 Å². The van der Waals surface area contributed by atoms with Crippen molar-refractivity contribution in [2.45, 2.75) is 19.3 Å². The number of nitrogens with one attached hydrogen (secondary N) is 1. The molecule has 0 radical (unpaired) electrons. The first-order valence-electron chi connectivity index (χ1n) is 5.51. The van der Waals surface area contributed by atoms with Crippen LogP contribution in [-0.4, -0.2) is 24.7 Å². The highest BCUT2D eigenvalue weighted by atomic mass is 16.3. The third-order valence-electron chi connectivity index (χ3n) is 2.33. The van der Waals surface area contributed by atoms with Gasteiger partial charge in [-0.25, -0.2) is 0 Å². The molecule has 0 saturated heterocycles. The van der Waals surface area contributed by atoms with Gasteiger partial charge in [0, 0.05) is 13.1 Å². The van der Waals surface area contributed by atoms with Crippen LogP contribution in [0.15, 0.2) is 24.3 Å². The van der Waals surface area contributed by atoms with Gasteiger partial charge in [0.25, 0.3) is 0 Å². The smallest absolute Gasteiger partial charge is 0.115 e. The molecular formula is C12H20N2O. The fraction of sp³-hybridized carbons (Fsp3) is 0.500. The summed E-state index contributed by atoms with van der Waals surface area (Å²) in [5, 5.41) is 12.4. The topological polar surface area (TPSA) is 58.3 Å². The molecule has 1 aromatic rings. The third kappa shape index (κ3) is 5.40. The standard InChI is InChI=1S/C12H20N2O/c13-8-10-14-9-2-1-3-11-4-6-12(15)7-5-11/h4-7,14-15H,1-3,8-10,13H2. The lowest BCUT2D eigenvalue weighted by Gasteiger charge is -2.03. The van der Waals surface area contributed by atoms with Crippen molar-refractivity contribution < 1.29 is 5.11 Å². The van der Waals surface area contributed by atoms with Crippen LogP contribution >= 0.6 is 0 Å². The minimum atomic E-state index is 0.336. The minimum Gasteiger partial charge on any atom is -0.508 e. The number of phenols is 1. The minimum absolute atomic E-state index is 0.336. The van der Waals surface area contributed by atoms with Crippen molar-refractivity contribution in [2.75, 3.05) is 19.6 Å². The summed E-state index contributed by atoms with van der Waals surface area (Å²) in [7, 11) is 0. The number of nitrogens with two attached hydrogens (primary N) is 1. The molecule has 0 fully saturated rings. The first-order chi connectivity index (χ1) is 7.33. The van der Waals surface area contributed by atoms with Gasteiger partial charge >= 0.3 is 0 Å². The molecule has 84 valence electrons. The molecule has 0 atom stereocenters. The molecule has 0 aliphatic carbocycles. The highest BCUT2D eigenvalue weighted by molar-refractivity contribution is 5.25. The van der Waals surface area contributed by atoms with E-state index < -0.39 is 0 Å². The molecule has 0 aliphatic heterocycles. The number of hydrogen-bond acceptors (Lipinski definition) is 3. The Labute approximate surface area is 91.3 Å². The molecule has 3 nitrogen and oxygen atoms in total. The monoisotopic (exact) mass is 208 g/mol. The van der Waals surface area contributed by atoms with E-state index in [1.165, 1.54) is 18.4 Å². The van der Waals surface area contributed by atoms with E-state index in [1.54, 1.807) is 12.1 Å². The largest absolute Gasteiger partial charge is 0.508 e. The molecule has 0 aliphatic rings. The van der Waals surface area contributed by atoms with E-state index in [0.29, 0.717) is 12.3 Å². The molecule has 3 heteroatoms. The van der Waals surface area contributed by atoms with Gasteiger partial charge in [-0.15, -0.1) is 0 Å². The molecule has 1 aromatic carbocycles. The second-order valence-electron chi connectivity index (χ2n) is 3.66. The van der Waals surface area contributed by atoms with E-state index in [4.69, 9.17) is 10.8 Å². The molecule has 0 bridgehead atoms. The van der Waals surface area contributed by atoms with Crippen molar-refractivity contribution >= 4 is 0 Å². The molecule has 0 spiro atoms. The Bertz CT molecular complexity index is 259. The summed E-state index contributed by atoms with van der Waals surface area (Å²) in [5.74, 6) is 0.336. The van der Waals surface area contributed by atoms with Crippen molar-refractivity contribution in [3.63, 3.8) is 0 Å². The molecule has 0 aromatic heterocycles. The average molecular weight is 208 g/mol. The van der Waals surface area contributed by atoms with Crippen molar-refractivity contribution in [3.8, 4) is 5.75 Å². The zero-order valence-electron chi connectivity index (χ0n) is 9.08. The van der Waals surface area contributed by atoms with E-state index >= 15 is 0 Å². The van der Waals surface area contributed by atoms with Gasteiger partial charge in [0.1, 0.15) is 5.75 Å². The average Bonchev–Trinajstić information content (AvgIpc) is 2.26. The van der Waals surface area contributed by atoms with Gasteiger partial charge in [-0.3, -0.25) is 0 Å². The second-order valence-corrected chi connectivity index (χ2v) is 3.66. The fourth-order valence-corrected chi connectivity index (χ4v) is 1.47. The third-order valence-corrected chi connectivity index (χ3v) is 2.33. The zero-order valence-corrected chi connectivity index (χ0v) is 9.08. The number of aromatic hydroxyl groups is 1. The number of rotatable bonds is 7. The van der Waals surface area contributed by atoms with Crippen molar-refractivity contribution in [2.24, 2.45) is 5.73 Å². The molecular weight excluding hydrogens is 188 g/mol. The van der Waals surface area contributed by atoms with Gasteiger partial charge in [0.2, 0.25) is 0 Å². The normalized spacial score (nSPS) is 10.5. The molecule has 0 heterocycles. The van der Waals surface area contributed by atoms with Crippen LogP contribution in [0.5, 0.6) is 5.75 Å². The number of unbranched alkanes of at least 4 members (excludes halogenated alkanes) is 1. The zero-order chi connectivity index (χ0) is 10.9. The van der Waals surface area contributed by atoms with Gasteiger partial charge in [0.05, 0.1) is 0 Å². The van der Waals surface area contributed by atoms with Crippen molar-refractivity contribution in [1.29, 1.82) is 0 Å². The Hall–Kier alpha value is -1.06. The molecule has 15 heavy (non-hydrogen) atoms. The summed E-state index contributed by atoms with van der Waals surface area (Å²) in [5.41, 5.74) is 6.65. The maximum Gasteiger partial charge on any atom is 0.115 e. The Balaban J connectivity index is 2.07. The Morgan fingerprint density at radius 2 is 1.80 bits per heavy atom. The lowest BCUT2D eigenvalue weighted by molar-refractivity contribution is 0.475. The number of phenolic OH excluding ortho intramolecular Hbond substituents is 1. The predicted octanol–water partition coefficient (Wildman–Crippen LogP) is 1.26. The summed E-state index contributed by atoms with van der Waals surface area (Å²) >= 11 is 0. The first-order valence-corrected chi connectivity index (χ1v) is 5.51. The van der Waals surface area contributed by atoms with Gasteiger partial charge in [0.15, 0.2) is 0 Å². The number of aryl methyl sites for hydroxylation is 1. The first kappa shape index (κ1) is 12.0. The maximum absolute atomic E-state index is 9.10. The van der Waals surface area contributed by atoms with Crippen LogP contribution in [0.1, 0.15) is 18.4 Å². The lowest BCUT2D eigenvalue weighted by Crippen LogP contribution is -2.23. The Kier molecular flexibility index (Phi) is 5.81. The summed E-state index contributed by atoms with van der Waals surface area (Å²) in [6, 6.07) is 7.43. The van der Waals surface area contributed by atoms with Crippen LogP contribution in [0.3, 0.4) is 0 Å². The summed E-state index contributed by atoms with van der Waals surface area (Å²) in [6.45, 7) is 2.65. The molecule has 0 unspecified atom stereocenters. The van der Waals surface area contributed by atoms with Gasteiger partial charge in [-0.1, -0.05) is 12.1 Å². The second kappa shape index (κ2) is 7.26. The Morgan fingerprint density at radius 3 is 2.47 bits per heavy atom. The van der Waals surface area contributed by atoms with E-state index in [0.717, 1.165) is 19.5 Å². The summed E-state index contributed by atoms with van der Waals surface area (Å²) in [4.78, 5) is 0. The van der Waals surface area contributed by atoms with Crippen LogP contribution in [0.2, 0.25) is 0 Å². The van der Waals surface area contributed by atoms with E-state index in [9.17, 15) is 0 Å². The summed E-state index contributed by atoms with van der Waals surface area (Å²) in [6.07, 6.45) is 3.41. The molecule has 4 N–H and O–H groups in total. The quantitative estimate of drug-likeness (QED) is 0.591. The van der Waals surface area contributed by atoms with E-state index in [2.05, 4.69) is 5.32 Å². The highest BCUT2D eigenvalue weighted by Crippen LogP contribution is 2.11. The van der Waals surface area contributed by atoms with Crippen LogP contribution in [-0.2, 0) is 6.42 Å². The number of hydrogen-bond donors (Lipinski definition) is 3. The van der Waals surface area contributed by atoms with Crippen LogP contribution in [0.25, 0.3) is 0 Å². The molecule has 1 rings (SSSR count). The van der Waals surface area contributed by atoms with Gasteiger partial charge in [-0.2, -0.15) is 0 Å². The SMILES string of the molecule is NCCNCCCCc1ccc(O)cc1. The summed E-state index contributed by atoms with van der Waals surface area (Å²) < 4.78 is 0. The van der Waals surface area contributed by atoms with Crippen LogP contribution in [0.4, 0.5) is 0 Å². The lowest BCUT2D eigenvalue weighted by atomic mass is 10.1.